The Morgan fingerprint density at radius 3 is 2.35 bits per heavy atom. The lowest BCUT2D eigenvalue weighted by molar-refractivity contribution is 0.411. The lowest BCUT2D eigenvalue weighted by atomic mass is 9.95. The van der Waals surface area contributed by atoms with Gasteiger partial charge in [0.05, 0.1) is 17.8 Å². The van der Waals surface area contributed by atoms with Crippen LogP contribution in [-0.2, 0) is 0 Å². The van der Waals surface area contributed by atoms with Gasteiger partial charge in [-0.3, -0.25) is 0 Å². The van der Waals surface area contributed by atoms with Gasteiger partial charge in [-0.1, -0.05) is 0 Å². The number of rotatable bonds is 2. The van der Waals surface area contributed by atoms with E-state index in [9.17, 15) is 0 Å². The maximum Gasteiger partial charge on any atom is 0.122 e. The lowest BCUT2D eigenvalue weighted by Crippen LogP contribution is -1.96. The van der Waals surface area contributed by atoms with E-state index < -0.39 is 0 Å². The van der Waals surface area contributed by atoms with Gasteiger partial charge in [-0.05, 0) is 50.5 Å². The van der Waals surface area contributed by atoms with Crippen LogP contribution in [0, 0.1) is 27.7 Å². The van der Waals surface area contributed by atoms with E-state index in [1.807, 2.05) is 6.92 Å². The molecule has 0 bridgehead atoms. The predicted octanol–water partition coefficient (Wildman–Crippen LogP) is 4.05. The van der Waals surface area contributed by atoms with Crippen LogP contribution in [0.15, 0.2) is 11.4 Å². The summed E-state index contributed by atoms with van der Waals surface area (Å²) in [6, 6.07) is 2.09. The fraction of sp³-hybridized carbons (Fsp3) is 0.357. The quantitative estimate of drug-likeness (QED) is 0.798. The Balaban J connectivity index is 2.66. The van der Waals surface area contributed by atoms with Crippen molar-refractivity contribution in [3.63, 3.8) is 0 Å². The third-order valence-corrected chi connectivity index (χ3v) is 3.92. The molecule has 2 rings (SSSR count). The van der Waals surface area contributed by atoms with Crippen LogP contribution in [-0.4, -0.2) is 12.1 Å². The molecule has 90 valence electrons. The van der Waals surface area contributed by atoms with Crippen molar-refractivity contribution in [3.05, 3.63) is 33.1 Å². The van der Waals surface area contributed by atoms with E-state index in [0.29, 0.717) is 0 Å². The normalized spacial score (nSPS) is 10.6. The summed E-state index contributed by atoms with van der Waals surface area (Å²) in [6.45, 7) is 8.37. The van der Waals surface area contributed by atoms with Crippen molar-refractivity contribution in [2.75, 3.05) is 7.11 Å². The van der Waals surface area contributed by atoms with Gasteiger partial charge in [-0.2, -0.15) is 0 Å². The van der Waals surface area contributed by atoms with E-state index >= 15 is 0 Å². The van der Waals surface area contributed by atoms with Gasteiger partial charge in [0.2, 0.25) is 0 Å². The van der Waals surface area contributed by atoms with Crippen LogP contribution in [0.25, 0.3) is 11.3 Å². The molecule has 0 radical (unpaired) electrons. The fourth-order valence-corrected chi connectivity index (χ4v) is 2.73. The molecule has 0 unspecified atom stereocenters. The maximum atomic E-state index is 5.38. The summed E-state index contributed by atoms with van der Waals surface area (Å²) >= 11 is 1.69. The highest BCUT2D eigenvalue weighted by molar-refractivity contribution is 7.09. The number of nitrogens with zero attached hydrogens (tertiary/aromatic N) is 1. The van der Waals surface area contributed by atoms with Crippen LogP contribution in [0.3, 0.4) is 0 Å². The smallest absolute Gasteiger partial charge is 0.122 e. The highest BCUT2D eigenvalue weighted by atomic mass is 32.1. The minimum Gasteiger partial charge on any atom is -0.496 e. The van der Waals surface area contributed by atoms with Crippen LogP contribution in [0.4, 0.5) is 0 Å². The molecule has 0 aliphatic heterocycles. The highest BCUT2D eigenvalue weighted by Crippen LogP contribution is 2.34. The molecule has 1 aromatic heterocycles. The summed E-state index contributed by atoms with van der Waals surface area (Å²) in [7, 11) is 1.72. The van der Waals surface area contributed by atoms with Crippen molar-refractivity contribution in [1.82, 2.24) is 4.98 Å². The standard InChI is InChI=1S/C14H17NOS/c1-8-6-13(16-5)9(2)10(3)14(8)12-7-17-11(4)15-12/h6-7H,1-5H3. The molecule has 2 nitrogen and oxygen atoms in total. The average molecular weight is 247 g/mol. The summed E-state index contributed by atoms with van der Waals surface area (Å²) in [5.74, 6) is 0.954. The number of methoxy groups -OCH3 is 1. The van der Waals surface area contributed by atoms with Crippen LogP contribution in [0.5, 0.6) is 5.75 Å². The number of ether oxygens (including phenoxy) is 1. The van der Waals surface area contributed by atoms with Crippen molar-refractivity contribution in [2.45, 2.75) is 27.7 Å². The van der Waals surface area contributed by atoms with Gasteiger partial charge in [-0.25, -0.2) is 4.98 Å². The molecule has 3 heteroatoms. The molecular weight excluding hydrogens is 230 g/mol. The third kappa shape index (κ3) is 2.07. The van der Waals surface area contributed by atoms with Gasteiger partial charge in [0.25, 0.3) is 0 Å². The van der Waals surface area contributed by atoms with Crippen molar-refractivity contribution in [2.24, 2.45) is 0 Å². The predicted molar refractivity (Wildman–Crippen MR) is 73.1 cm³/mol. The Morgan fingerprint density at radius 2 is 1.82 bits per heavy atom. The zero-order chi connectivity index (χ0) is 12.6. The van der Waals surface area contributed by atoms with E-state index in [1.54, 1.807) is 18.4 Å². The van der Waals surface area contributed by atoms with E-state index in [-0.39, 0.29) is 0 Å². The summed E-state index contributed by atoms with van der Waals surface area (Å²) in [5.41, 5.74) is 5.99. The number of aromatic nitrogens is 1. The zero-order valence-electron chi connectivity index (χ0n) is 10.9. The zero-order valence-corrected chi connectivity index (χ0v) is 11.7. The Morgan fingerprint density at radius 1 is 1.12 bits per heavy atom. The highest BCUT2D eigenvalue weighted by Gasteiger charge is 2.14. The molecule has 0 aliphatic carbocycles. The molecule has 17 heavy (non-hydrogen) atoms. The lowest BCUT2D eigenvalue weighted by Gasteiger charge is -2.14. The Labute approximate surface area is 106 Å². The Kier molecular flexibility index (Phi) is 3.20. The summed E-state index contributed by atoms with van der Waals surface area (Å²) in [6.07, 6.45) is 0. The minimum absolute atomic E-state index is 0.954. The average Bonchev–Trinajstić information content (AvgIpc) is 2.70. The van der Waals surface area contributed by atoms with Crippen LogP contribution in [0.2, 0.25) is 0 Å². The first-order valence-corrected chi connectivity index (χ1v) is 6.50. The second-order valence-electron chi connectivity index (χ2n) is 4.27. The van der Waals surface area contributed by atoms with Crippen LogP contribution < -0.4 is 4.74 Å². The van der Waals surface area contributed by atoms with Gasteiger partial charge < -0.3 is 4.74 Å². The monoisotopic (exact) mass is 247 g/mol. The molecule has 0 fully saturated rings. The van der Waals surface area contributed by atoms with Crippen molar-refractivity contribution in [3.8, 4) is 17.0 Å². The van der Waals surface area contributed by atoms with E-state index in [1.165, 1.54) is 22.3 Å². The second-order valence-corrected chi connectivity index (χ2v) is 5.33. The maximum absolute atomic E-state index is 5.38. The fourth-order valence-electron chi connectivity index (χ4n) is 2.13. The Bertz CT molecular complexity index is 558. The van der Waals surface area contributed by atoms with Crippen LogP contribution >= 0.6 is 11.3 Å². The molecule has 2 aromatic rings. The molecule has 0 N–H and O–H groups in total. The van der Waals surface area contributed by atoms with Crippen LogP contribution in [0.1, 0.15) is 21.7 Å². The molecule has 0 saturated carbocycles. The summed E-state index contributed by atoms with van der Waals surface area (Å²) < 4.78 is 5.38. The van der Waals surface area contributed by atoms with E-state index in [2.05, 4.69) is 37.2 Å². The number of hydrogen-bond donors (Lipinski definition) is 0. The molecule has 1 heterocycles. The number of aryl methyl sites for hydroxylation is 2. The second kappa shape index (κ2) is 4.49. The summed E-state index contributed by atoms with van der Waals surface area (Å²) in [4.78, 5) is 4.58. The van der Waals surface area contributed by atoms with E-state index in [0.717, 1.165) is 16.5 Å². The van der Waals surface area contributed by atoms with Gasteiger partial charge in [-0.15, -0.1) is 11.3 Å². The molecule has 0 saturated heterocycles. The Hall–Kier alpha value is -1.35. The molecule has 1 aromatic carbocycles. The number of benzene rings is 1. The van der Waals surface area contributed by atoms with Crippen molar-refractivity contribution < 1.29 is 4.74 Å². The van der Waals surface area contributed by atoms with Gasteiger partial charge in [0.15, 0.2) is 0 Å². The number of thiazole rings is 1. The van der Waals surface area contributed by atoms with Gasteiger partial charge in [0, 0.05) is 10.9 Å². The number of hydrogen-bond acceptors (Lipinski definition) is 3. The van der Waals surface area contributed by atoms with E-state index in [4.69, 9.17) is 4.74 Å². The molecular formula is C14H17NOS. The summed E-state index contributed by atoms with van der Waals surface area (Å²) in [5, 5.41) is 3.23. The first-order valence-electron chi connectivity index (χ1n) is 5.62. The topological polar surface area (TPSA) is 22.1 Å². The molecule has 0 aliphatic rings. The molecule has 0 amide bonds. The van der Waals surface area contributed by atoms with Crippen molar-refractivity contribution in [1.29, 1.82) is 0 Å². The van der Waals surface area contributed by atoms with Gasteiger partial charge in [0.1, 0.15) is 5.75 Å². The molecule has 0 spiro atoms. The molecule has 0 atom stereocenters. The van der Waals surface area contributed by atoms with Crippen molar-refractivity contribution >= 4 is 11.3 Å². The third-order valence-electron chi connectivity index (χ3n) is 3.14. The first-order chi connectivity index (χ1) is 8.04. The first kappa shape index (κ1) is 12.1. The van der Waals surface area contributed by atoms with Gasteiger partial charge >= 0.3 is 0 Å². The largest absolute Gasteiger partial charge is 0.496 e. The SMILES string of the molecule is COc1cc(C)c(-c2csc(C)n2)c(C)c1C. The minimum atomic E-state index is 0.954.